The van der Waals surface area contributed by atoms with Gasteiger partial charge in [-0.05, 0) is 25.5 Å². The lowest BCUT2D eigenvalue weighted by molar-refractivity contribution is -0.385. The van der Waals surface area contributed by atoms with Crippen LogP contribution < -0.4 is 5.32 Å². The number of non-ortho nitro benzene ring substituents is 1. The van der Waals surface area contributed by atoms with Gasteiger partial charge < -0.3 is 5.32 Å². The van der Waals surface area contributed by atoms with Gasteiger partial charge in [-0.3, -0.25) is 10.1 Å². The third kappa shape index (κ3) is 5.10. The predicted octanol–water partition coefficient (Wildman–Crippen LogP) is 3.41. The molecule has 1 N–H and O–H groups in total. The van der Waals surface area contributed by atoms with E-state index in [1.165, 1.54) is 11.6 Å². The van der Waals surface area contributed by atoms with Crippen LogP contribution in [0, 0.1) is 10.1 Å². The summed E-state index contributed by atoms with van der Waals surface area (Å²) in [5.74, 6) is 0. The molecule has 0 aliphatic rings. The summed E-state index contributed by atoms with van der Waals surface area (Å²) >= 11 is 3.27. The Labute approximate surface area is 109 Å². The summed E-state index contributed by atoms with van der Waals surface area (Å²) in [6.45, 7) is 5.45. The van der Waals surface area contributed by atoms with Crippen molar-refractivity contribution in [3.63, 3.8) is 0 Å². The number of nitrogens with one attached hydrogen (secondary N) is 1. The molecule has 17 heavy (non-hydrogen) atoms. The minimum Gasteiger partial charge on any atom is -0.309 e. The Bertz CT molecular complexity index is 440. The highest BCUT2D eigenvalue weighted by Gasteiger charge is 2.07. The van der Waals surface area contributed by atoms with E-state index in [4.69, 9.17) is 0 Å². The minimum atomic E-state index is -0.385. The van der Waals surface area contributed by atoms with Gasteiger partial charge in [-0.1, -0.05) is 27.6 Å². The minimum absolute atomic E-state index is 0.110. The maximum atomic E-state index is 10.7. The number of nitro benzene ring substituents is 1. The first-order valence-corrected chi connectivity index (χ1v) is 6.06. The molecule has 0 bridgehead atoms. The maximum absolute atomic E-state index is 10.7. The van der Waals surface area contributed by atoms with Crippen molar-refractivity contribution in [1.82, 2.24) is 5.32 Å². The van der Waals surface area contributed by atoms with E-state index in [9.17, 15) is 10.1 Å². The Morgan fingerprint density at radius 2 is 2.18 bits per heavy atom. The third-order valence-corrected chi connectivity index (χ3v) is 2.59. The van der Waals surface area contributed by atoms with E-state index in [2.05, 4.69) is 27.3 Å². The fraction of sp³-hybridized carbons (Fsp3) is 0.333. The van der Waals surface area contributed by atoms with Gasteiger partial charge in [0.05, 0.1) is 4.92 Å². The SMILES string of the molecule is CC(C)=CCNCc1cc(Br)cc([N+](=O)[O-])c1. The molecule has 5 heteroatoms. The molecule has 1 aromatic carbocycles. The molecular formula is C12H15BrN2O2. The Morgan fingerprint density at radius 1 is 1.47 bits per heavy atom. The monoisotopic (exact) mass is 298 g/mol. The fourth-order valence-corrected chi connectivity index (χ4v) is 1.86. The summed E-state index contributed by atoms with van der Waals surface area (Å²) in [5.41, 5.74) is 2.25. The smallest absolute Gasteiger partial charge is 0.270 e. The first-order chi connectivity index (χ1) is 7.99. The van der Waals surface area contributed by atoms with Crippen LogP contribution in [0.4, 0.5) is 5.69 Å². The highest BCUT2D eigenvalue weighted by atomic mass is 79.9. The average Bonchev–Trinajstić information content (AvgIpc) is 2.23. The number of nitrogens with zero attached hydrogens (tertiary/aromatic N) is 1. The van der Waals surface area contributed by atoms with Crippen LogP contribution in [0.25, 0.3) is 0 Å². The molecule has 0 aliphatic heterocycles. The second kappa shape index (κ2) is 6.51. The van der Waals surface area contributed by atoms with Crippen molar-refractivity contribution in [2.45, 2.75) is 20.4 Å². The summed E-state index contributed by atoms with van der Waals surface area (Å²) in [5, 5.41) is 13.9. The van der Waals surface area contributed by atoms with E-state index >= 15 is 0 Å². The van der Waals surface area contributed by atoms with Crippen molar-refractivity contribution in [2.24, 2.45) is 0 Å². The summed E-state index contributed by atoms with van der Waals surface area (Å²) in [7, 11) is 0. The normalized spacial score (nSPS) is 10.1. The molecule has 0 aliphatic carbocycles. The van der Waals surface area contributed by atoms with Crippen molar-refractivity contribution in [3.05, 3.63) is 50.0 Å². The van der Waals surface area contributed by atoms with Gasteiger partial charge >= 0.3 is 0 Å². The molecule has 0 atom stereocenters. The number of hydrogen-bond acceptors (Lipinski definition) is 3. The molecular weight excluding hydrogens is 284 g/mol. The lowest BCUT2D eigenvalue weighted by atomic mass is 10.2. The van der Waals surface area contributed by atoms with Gasteiger partial charge in [-0.15, -0.1) is 0 Å². The fourth-order valence-electron chi connectivity index (χ4n) is 1.33. The number of nitro groups is 1. The van der Waals surface area contributed by atoms with Crippen molar-refractivity contribution >= 4 is 21.6 Å². The molecule has 0 aromatic heterocycles. The van der Waals surface area contributed by atoms with Crippen molar-refractivity contribution in [3.8, 4) is 0 Å². The van der Waals surface area contributed by atoms with Gasteiger partial charge in [0.1, 0.15) is 0 Å². The van der Waals surface area contributed by atoms with Crippen LogP contribution in [0.5, 0.6) is 0 Å². The molecule has 0 fully saturated rings. The summed E-state index contributed by atoms with van der Waals surface area (Å²) in [6.07, 6.45) is 2.08. The Hall–Kier alpha value is -1.20. The van der Waals surface area contributed by atoms with Crippen molar-refractivity contribution < 1.29 is 4.92 Å². The first-order valence-electron chi connectivity index (χ1n) is 5.27. The molecule has 0 saturated carbocycles. The van der Waals surface area contributed by atoms with Gasteiger partial charge in [0.15, 0.2) is 0 Å². The van der Waals surface area contributed by atoms with E-state index < -0.39 is 0 Å². The first kappa shape index (κ1) is 13.9. The van der Waals surface area contributed by atoms with Crippen molar-refractivity contribution in [1.29, 1.82) is 0 Å². The summed E-state index contributed by atoms with van der Waals surface area (Å²) in [6, 6.07) is 4.96. The zero-order chi connectivity index (χ0) is 12.8. The molecule has 0 heterocycles. The molecule has 0 radical (unpaired) electrons. The molecule has 4 nitrogen and oxygen atoms in total. The van der Waals surface area contributed by atoms with Gasteiger partial charge in [-0.25, -0.2) is 0 Å². The number of hydrogen-bond donors (Lipinski definition) is 1. The van der Waals surface area contributed by atoms with Crippen LogP contribution in [0.2, 0.25) is 0 Å². The van der Waals surface area contributed by atoms with E-state index in [1.54, 1.807) is 6.07 Å². The van der Waals surface area contributed by atoms with Gasteiger partial charge in [0, 0.05) is 29.7 Å². The summed E-state index contributed by atoms with van der Waals surface area (Å²) in [4.78, 5) is 10.3. The lowest BCUT2D eigenvalue weighted by Crippen LogP contribution is -2.13. The van der Waals surface area contributed by atoms with Crippen LogP contribution in [-0.2, 0) is 6.54 Å². The van der Waals surface area contributed by atoms with Crippen molar-refractivity contribution in [2.75, 3.05) is 6.54 Å². The van der Waals surface area contributed by atoms with E-state index in [0.29, 0.717) is 6.54 Å². The molecule has 0 unspecified atom stereocenters. The van der Waals surface area contributed by atoms with Crippen LogP contribution in [0.1, 0.15) is 19.4 Å². The zero-order valence-corrected chi connectivity index (χ0v) is 11.5. The molecule has 1 aromatic rings. The van der Waals surface area contributed by atoms with E-state index in [0.717, 1.165) is 16.6 Å². The van der Waals surface area contributed by atoms with Crippen LogP contribution in [0.15, 0.2) is 34.3 Å². The molecule has 92 valence electrons. The van der Waals surface area contributed by atoms with E-state index in [-0.39, 0.29) is 10.6 Å². The molecule has 0 saturated heterocycles. The molecule has 0 amide bonds. The molecule has 1 rings (SSSR count). The zero-order valence-electron chi connectivity index (χ0n) is 9.87. The predicted molar refractivity (Wildman–Crippen MR) is 71.9 cm³/mol. The van der Waals surface area contributed by atoms with E-state index in [1.807, 2.05) is 19.9 Å². The van der Waals surface area contributed by atoms with Crippen LogP contribution >= 0.6 is 15.9 Å². The Kier molecular flexibility index (Phi) is 5.31. The van der Waals surface area contributed by atoms with Gasteiger partial charge in [0.25, 0.3) is 5.69 Å². The maximum Gasteiger partial charge on any atom is 0.270 e. The Morgan fingerprint density at radius 3 is 2.76 bits per heavy atom. The number of benzene rings is 1. The number of allylic oxidation sites excluding steroid dienone is 1. The van der Waals surface area contributed by atoms with Gasteiger partial charge in [0.2, 0.25) is 0 Å². The second-order valence-corrected chi connectivity index (χ2v) is 4.90. The summed E-state index contributed by atoms with van der Waals surface area (Å²) < 4.78 is 0.728. The van der Waals surface area contributed by atoms with Crippen LogP contribution in [0.3, 0.4) is 0 Å². The van der Waals surface area contributed by atoms with Crippen LogP contribution in [-0.4, -0.2) is 11.5 Å². The number of rotatable bonds is 5. The largest absolute Gasteiger partial charge is 0.309 e. The quantitative estimate of drug-likeness (QED) is 0.392. The second-order valence-electron chi connectivity index (χ2n) is 3.99. The lowest BCUT2D eigenvalue weighted by Gasteiger charge is -2.03. The molecule has 0 spiro atoms. The third-order valence-electron chi connectivity index (χ3n) is 2.14. The topological polar surface area (TPSA) is 55.2 Å². The standard InChI is InChI=1S/C12H15BrN2O2/c1-9(2)3-4-14-8-10-5-11(13)7-12(6-10)15(16)17/h3,5-7,14H,4,8H2,1-2H3. The Balaban J connectivity index is 2.65. The number of halogens is 1. The average molecular weight is 299 g/mol. The highest BCUT2D eigenvalue weighted by molar-refractivity contribution is 9.10. The highest BCUT2D eigenvalue weighted by Crippen LogP contribution is 2.21. The van der Waals surface area contributed by atoms with Gasteiger partial charge in [-0.2, -0.15) is 0 Å².